The second-order valence-electron chi connectivity index (χ2n) is 6.55. The van der Waals surface area contributed by atoms with Gasteiger partial charge in [0, 0.05) is 0 Å². The summed E-state index contributed by atoms with van der Waals surface area (Å²) in [5.41, 5.74) is 2.25. The molecule has 2 rings (SSSR count). The molecule has 0 radical (unpaired) electrons. The normalized spacial score (nSPS) is 11.4. The van der Waals surface area contributed by atoms with E-state index < -0.39 is 5.97 Å². The fraction of sp³-hybridized carbons (Fsp3) is 0.391. The molecule has 0 saturated heterocycles. The first-order valence-electron chi connectivity index (χ1n) is 9.91. The van der Waals surface area contributed by atoms with Gasteiger partial charge in [-0.15, -0.1) is 0 Å². The summed E-state index contributed by atoms with van der Waals surface area (Å²) in [6.45, 7) is 6.38. The molecule has 0 heterocycles. The second kappa shape index (κ2) is 11.7. The third-order valence-corrected chi connectivity index (χ3v) is 4.34. The number of hydrogen-bond donors (Lipinski definition) is 1. The number of hydrogen-bond acceptors (Lipinski definition) is 5. The molecular formula is C23H29NO5. The molecule has 0 fully saturated rings. The van der Waals surface area contributed by atoms with Gasteiger partial charge >= 0.3 is 5.97 Å². The van der Waals surface area contributed by atoms with E-state index in [1.165, 1.54) is 5.56 Å². The van der Waals surface area contributed by atoms with Gasteiger partial charge in [0.05, 0.1) is 25.7 Å². The first-order chi connectivity index (χ1) is 14.0. The maximum atomic E-state index is 12.0. The van der Waals surface area contributed by atoms with Gasteiger partial charge in [0.1, 0.15) is 11.5 Å². The minimum Gasteiger partial charge on any atom is -0.494 e. The highest BCUT2D eigenvalue weighted by molar-refractivity contribution is 5.80. The van der Waals surface area contributed by atoms with Crippen molar-refractivity contribution < 1.29 is 23.8 Å². The van der Waals surface area contributed by atoms with E-state index in [9.17, 15) is 9.59 Å². The van der Waals surface area contributed by atoms with Gasteiger partial charge in [0.2, 0.25) is 0 Å². The van der Waals surface area contributed by atoms with Crippen LogP contribution in [0.3, 0.4) is 0 Å². The summed E-state index contributed by atoms with van der Waals surface area (Å²) >= 11 is 0. The molecular weight excluding hydrogens is 370 g/mol. The van der Waals surface area contributed by atoms with Gasteiger partial charge in [0.15, 0.2) is 6.61 Å². The van der Waals surface area contributed by atoms with Crippen molar-refractivity contribution in [2.45, 2.75) is 39.7 Å². The molecule has 2 aromatic rings. The highest BCUT2D eigenvalue weighted by atomic mass is 16.5. The number of benzene rings is 2. The van der Waals surface area contributed by atoms with E-state index in [2.05, 4.69) is 12.2 Å². The third kappa shape index (κ3) is 7.86. The molecule has 1 unspecified atom stereocenters. The molecule has 1 atom stereocenters. The summed E-state index contributed by atoms with van der Waals surface area (Å²) in [4.78, 5) is 23.8. The van der Waals surface area contributed by atoms with E-state index in [0.717, 1.165) is 17.7 Å². The van der Waals surface area contributed by atoms with E-state index >= 15 is 0 Å². The number of carbonyl (C=O) groups excluding carboxylic acids is 2. The van der Waals surface area contributed by atoms with Crippen molar-refractivity contribution in [2.24, 2.45) is 0 Å². The predicted molar refractivity (Wildman–Crippen MR) is 111 cm³/mol. The Hall–Kier alpha value is -3.02. The van der Waals surface area contributed by atoms with Gasteiger partial charge in [-0.05, 0) is 55.7 Å². The van der Waals surface area contributed by atoms with Crippen molar-refractivity contribution in [3.05, 3.63) is 59.7 Å². The lowest BCUT2D eigenvalue weighted by atomic mass is 10.1. The average molecular weight is 399 g/mol. The summed E-state index contributed by atoms with van der Waals surface area (Å²) in [5.74, 6) is 0.589. The fourth-order valence-electron chi connectivity index (χ4n) is 2.68. The van der Waals surface area contributed by atoms with Crippen LogP contribution in [0.1, 0.15) is 44.4 Å². The SMILES string of the molecule is CCOc1ccc(OCCC(=O)OCC(=O)NC(C)c2ccc(CC)cc2)cc1. The molecule has 6 nitrogen and oxygen atoms in total. The Labute approximate surface area is 172 Å². The Balaban J connectivity index is 1.65. The number of aryl methyl sites for hydroxylation is 1. The number of amides is 1. The van der Waals surface area contributed by atoms with Gasteiger partial charge in [-0.2, -0.15) is 0 Å². The topological polar surface area (TPSA) is 73.9 Å². The molecule has 1 N–H and O–H groups in total. The van der Waals surface area contributed by atoms with E-state index in [0.29, 0.717) is 12.4 Å². The van der Waals surface area contributed by atoms with Crippen LogP contribution in [-0.2, 0) is 20.7 Å². The number of ether oxygens (including phenoxy) is 3. The van der Waals surface area contributed by atoms with E-state index in [4.69, 9.17) is 14.2 Å². The number of carbonyl (C=O) groups is 2. The quantitative estimate of drug-likeness (QED) is 0.581. The molecule has 0 spiro atoms. The van der Waals surface area contributed by atoms with Crippen molar-refractivity contribution in [3.63, 3.8) is 0 Å². The molecule has 29 heavy (non-hydrogen) atoms. The highest BCUT2D eigenvalue weighted by Gasteiger charge is 2.12. The lowest BCUT2D eigenvalue weighted by Crippen LogP contribution is -2.31. The van der Waals surface area contributed by atoms with Crippen molar-refractivity contribution in [2.75, 3.05) is 19.8 Å². The zero-order chi connectivity index (χ0) is 21.1. The molecule has 0 aromatic heterocycles. The molecule has 1 amide bonds. The van der Waals surface area contributed by atoms with Crippen molar-refractivity contribution in [1.29, 1.82) is 0 Å². The lowest BCUT2D eigenvalue weighted by molar-refractivity contribution is -0.149. The summed E-state index contributed by atoms with van der Waals surface area (Å²) in [7, 11) is 0. The number of esters is 1. The van der Waals surface area contributed by atoms with Crippen LogP contribution in [0.15, 0.2) is 48.5 Å². The third-order valence-electron chi connectivity index (χ3n) is 4.34. The highest BCUT2D eigenvalue weighted by Crippen LogP contribution is 2.17. The molecule has 0 aliphatic rings. The molecule has 0 aliphatic heterocycles. The van der Waals surface area contributed by atoms with Crippen LogP contribution in [0.2, 0.25) is 0 Å². The average Bonchev–Trinajstić information content (AvgIpc) is 2.74. The Bertz CT molecular complexity index is 771. The summed E-state index contributed by atoms with van der Waals surface area (Å²) < 4.78 is 15.9. The first-order valence-corrected chi connectivity index (χ1v) is 9.91. The van der Waals surface area contributed by atoms with Crippen LogP contribution in [0.5, 0.6) is 11.5 Å². The summed E-state index contributed by atoms with van der Waals surface area (Å²) in [6.07, 6.45) is 1.04. The maximum absolute atomic E-state index is 12.0. The fourth-order valence-corrected chi connectivity index (χ4v) is 2.68. The van der Waals surface area contributed by atoms with E-state index in [1.54, 1.807) is 24.3 Å². The Morgan fingerprint density at radius 2 is 1.55 bits per heavy atom. The van der Waals surface area contributed by atoms with Crippen LogP contribution >= 0.6 is 0 Å². The van der Waals surface area contributed by atoms with Crippen molar-refractivity contribution in [1.82, 2.24) is 5.32 Å². The maximum Gasteiger partial charge on any atom is 0.309 e. The van der Waals surface area contributed by atoms with Gasteiger partial charge < -0.3 is 19.5 Å². The first kappa shape index (κ1) is 22.3. The molecule has 0 bridgehead atoms. The molecule has 0 saturated carbocycles. The largest absolute Gasteiger partial charge is 0.494 e. The van der Waals surface area contributed by atoms with Gasteiger partial charge in [-0.1, -0.05) is 31.2 Å². The Kier molecular flexibility index (Phi) is 9.02. The Morgan fingerprint density at radius 1 is 0.931 bits per heavy atom. The number of nitrogens with one attached hydrogen (secondary N) is 1. The summed E-state index contributed by atoms with van der Waals surface area (Å²) in [6, 6.07) is 15.1. The molecule has 6 heteroatoms. The standard InChI is InChI=1S/C23H29NO5/c1-4-18-6-8-19(9-7-18)17(3)24-22(25)16-29-23(26)14-15-28-21-12-10-20(11-13-21)27-5-2/h6-13,17H,4-5,14-16H2,1-3H3,(H,24,25). The number of rotatable bonds is 11. The van der Waals surface area contributed by atoms with Crippen LogP contribution < -0.4 is 14.8 Å². The van der Waals surface area contributed by atoms with Gasteiger partial charge in [-0.25, -0.2) is 0 Å². The van der Waals surface area contributed by atoms with Crippen molar-refractivity contribution >= 4 is 11.9 Å². The Morgan fingerprint density at radius 3 is 2.14 bits per heavy atom. The van der Waals surface area contributed by atoms with Crippen molar-refractivity contribution in [3.8, 4) is 11.5 Å². The van der Waals surface area contributed by atoms with Gasteiger partial charge in [-0.3, -0.25) is 9.59 Å². The molecule has 156 valence electrons. The van der Waals surface area contributed by atoms with Crippen LogP contribution in [0.4, 0.5) is 0 Å². The smallest absolute Gasteiger partial charge is 0.309 e. The zero-order valence-corrected chi connectivity index (χ0v) is 17.3. The van der Waals surface area contributed by atoms with Crippen LogP contribution in [0.25, 0.3) is 0 Å². The zero-order valence-electron chi connectivity index (χ0n) is 17.3. The second-order valence-corrected chi connectivity index (χ2v) is 6.55. The lowest BCUT2D eigenvalue weighted by Gasteiger charge is -2.15. The van der Waals surface area contributed by atoms with Crippen LogP contribution in [0, 0.1) is 0 Å². The minimum atomic E-state index is -0.481. The minimum absolute atomic E-state index is 0.0640. The molecule has 2 aromatic carbocycles. The van der Waals surface area contributed by atoms with E-state index in [-0.39, 0.29) is 31.6 Å². The monoisotopic (exact) mass is 399 g/mol. The van der Waals surface area contributed by atoms with Gasteiger partial charge in [0.25, 0.3) is 5.91 Å². The summed E-state index contributed by atoms with van der Waals surface area (Å²) in [5, 5.41) is 2.83. The van der Waals surface area contributed by atoms with Crippen LogP contribution in [-0.4, -0.2) is 31.7 Å². The molecule has 0 aliphatic carbocycles. The van der Waals surface area contributed by atoms with E-state index in [1.807, 2.05) is 38.1 Å². The predicted octanol–water partition coefficient (Wildman–Crippen LogP) is 3.84.